The quantitative estimate of drug-likeness (QED) is 0.392. The molecule has 0 saturated heterocycles. The van der Waals surface area contributed by atoms with E-state index in [1.54, 1.807) is 0 Å². The number of rotatable bonds is 11. The highest BCUT2D eigenvalue weighted by atomic mass is 28.4. The van der Waals surface area contributed by atoms with E-state index in [0.717, 1.165) is 12.8 Å². The van der Waals surface area contributed by atoms with Gasteiger partial charge in [-0.1, -0.05) is 6.92 Å². The number of nitrogens with two attached hydrogens (primary N) is 2. The smallest absolute Gasteiger partial charge is 0.374 e. The Hall–Kier alpha value is -0.673. The molecule has 5 N–H and O–H groups in total. The highest BCUT2D eigenvalue weighted by molar-refractivity contribution is 6.60. The summed E-state index contributed by atoms with van der Waals surface area (Å²) >= 11 is 0. The van der Waals surface area contributed by atoms with Crippen molar-refractivity contribution >= 4 is 14.8 Å². The van der Waals surface area contributed by atoms with Crippen LogP contribution in [-0.2, 0) is 13.3 Å². The second kappa shape index (κ2) is 15.7. The summed E-state index contributed by atoms with van der Waals surface area (Å²) < 4.78 is 17.0. The first-order valence-corrected chi connectivity index (χ1v) is 9.39. The standard InChI is InChI=1S/C10H24N2O4Si.C3H8N/c1-4-14-17(15-5-2,16-6-3)9-7-8-12-10(11)13;1-2-3-4/h4-9H2,1-3H3,(H3,11,12,13);1-4H2. The van der Waals surface area contributed by atoms with E-state index >= 15 is 0 Å². The SMILES string of the molecule is CCO[Si](CCCNC(N)=O)(OCC)OCC.[CH2]CCN. The maximum atomic E-state index is 10.5. The van der Waals surface area contributed by atoms with Gasteiger partial charge in [0, 0.05) is 32.4 Å². The average Bonchev–Trinajstić information content (AvgIpc) is 2.45. The highest BCUT2D eigenvalue weighted by Crippen LogP contribution is 2.17. The van der Waals surface area contributed by atoms with Crippen LogP contribution in [0.4, 0.5) is 4.79 Å². The van der Waals surface area contributed by atoms with Gasteiger partial charge in [-0.25, -0.2) is 4.79 Å². The normalized spacial score (nSPS) is 10.7. The van der Waals surface area contributed by atoms with Crippen molar-refractivity contribution in [3.05, 3.63) is 6.92 Å². The lowest BCUT2D eigenvalue weighted by Crippen LogP contribution is -2.46. The molecule has 0 saturated carbocycles. The molecule has 0 spiro atoms. The third kappa shape index (κ3) is 14.0. The van der Waals surface area contributed by atoms with Gasteiger partial charge in [0.15, 0.2) is 0 Å². The average molecular weight is 323 g/mol. The minimum atomic E-state index is -2.56. The van der Waals surface area contributed by atoms with Crippen LogP contribution in [0, 0.1) is 6.92 Å². The van der Waals surface area contributed by atoms with Gasteiger partial charge in [-0.3, -0.25) is 0 Å². The molecule has 127 valence electrons. The molecule has 7 nitrogen and oxygen atoms in total. The van der Waals surface area contributed by atoms with Gasteiger partial charge in [0.05, 0.1) is 0 Å². The number of carbonyl (C=O) groups is 1. The molecule has 0 aromatic rings. The number of carbonyl (C=O) groups excluding carboxylic acids is 1. The van der Waals surface area contributed by atoms with E-state index in [9.17, 15) is 4.79 Å². The number of nitrogens with one attached hydrogen (secondary N) is 1. The van der Waals surface area contributed by atoms with E-state index in [2.05, 4.69) is 12.2 Å². The second-order valence-electron chi connectivity index (χ2n) is 4.02. The summed E-state index contributed by atoms with van der Waals surface area (Å²) in [6.45, 7) is 12.1. The van der Waals surface area contributed by atoms with Crippen LogP contribution in [0.2, 0.25) is 6.04 Å². The first kappa shape index (κ1) is 22.6. The van der Waals surface area contributed by atoms with Crippen molar-refractivity contribution in [3.8, 4) is 0 Å². The molecule has 0 aliphatic heterocycles. The van der Waals surface area contributed by atoms with Crippen LogP contribution in [0.1, 0.15) is 33.6 Å². The topological polar surface area (TPSA) is 109 Å². The van der Waals surface area contributed by atoms with Crippen molar-refractivity contribution in [1.82, 2.24) is 5.32 Å². The van der Waals surface area contributed by atoms with Gasteiger partial charge in [-0.2, -0.15) is 0 Å². The van der Waals surface area contributed by atoms with Crippen LogP contribution in [-0.4, -0.2) is 47.7 Å². The van der Waals surface area contributed by atoms with Gasteiger partial charge in [-0.05, 0) is 40.2 Å². The fraction of sp³-hybridized carbons (Fsp3) is 0.846. The summed E-state index contributed by atoms with van der Waals surface area (Å²) in [5.74, 6) is 0. The Morgan fingerprint density at radius 1 is 1.14 bits per heavy atom. The third-order valence-electron chi connectivity index (χ3n) is 2.26. The molecule has 8 heteroatoms. The monoisotopic (exact) mass is 322 g/mol. The Bertz CT molecular complexity index is 226. The van der Waals surface area contributed by atoms with Gasteiger partial charge in [0.25, 0.3) is 0 Å². The number of hydrogen-bond donors (Lipinski definition) is 3. The lowest BCUT2D eigenvalue weighted by atomic mass is 10.5. The highest BCUT2D eigenvalue weighted by Gasteiger charge is 2.39. The third-order valence-corrected chi connectivity index (χ3v) is 5.41. The fourth-order valence-corrected chi connectivity index (χ4v) is 4.13. The van der Waals surface area contributed by atoms with Crippen LogP contribution in [0.3, 0.4) is 0 Å². The molecule has 0 aliphatic carbocycles. The zero-order valence-electron chi connectivity index (χ0n) is 13.7. The number of urea groups is 1. The zero-order chi connectivity index (χ0) is 16.6. The Morgan fingerprint density at radius 3 is 1.86 bits per heavy atom. The molecule has 21 heavy (non-hydrogen) atoms. The van der Waals surface area contributed by atoms with E-state index < -0.39 is 14.8 Å². The second-order valence-corrected chi connectivity index (χ2v) is 6.75. The van der Waals surface area contributed by atoms with Crippen molar-refractivity contribution in [2.75, 3.05) is 32.9 Å². The van der Waals surface area contributed by atoms with Crippen LogP contribution >= 0.6 is 0 Å². The largest absolute Gasteiger partial charge is 0.500 e. The molecule has 2 amide bonds. The first-order valence-electron chi connectivity index (χ1n) is 7.46. The van der Waals surface area contributed by atoms with Crippen molar-refractivity contribution in [2.24, 2.45) is 11.5 Å². The van der Waals surface area contributed by atoms with Crippen molar-refractivity contribution < 1.29 is 18.1 Å². The minimum Gasteiger partial charge on any atom is -0.374 e. The van der Waals surface area contributed by atoms with Gasteiger partial charge in [-0.15, -0.1) is 0 Å². The molecular weight excluding hydrogens is 290 g/mol. The molecule has 1 radical (unpaired) electrons. The molecule has 0 fully saturated rings. The Balaban J connectivity index is 0. The van der Waals surface area contributed by atoms with E-state index in [0.29, 0.717) is 39.0 Å². The summed E-state index contributed by atoms with van der Waals surface area (Å²) in [7, 11) is -2.56. The Labute approximate surface area is 130 Å². The van der Waals surface area contributed by atoms with Crippen LogP contribution < -0.4 is 16.8 Å². The zero-order valence-corrected chi connectivity index (χ0v) is 14.7. The lowest BCUT2D eigenvalue weighted by molar-refractivity contribution is 0.0708. The van der Waals surface area contributed by atoms with Gasteiger partial charge in [0.2, 0.25) is 0 Å². The molecule has 0 heterocycles. The maximum absolute atomic E-state index is 10.5. The molecular formula is C13H32N3O4Si. The first-order chi connectivity index (χ1) is 10.0. The number of amides is 2. The maximum Gasteiger partial charge on any atom is 0.500 e. The molecule has 0 bridgehead atoms. The molecule has 0 aromatic heterocycles. The molecule has 0 unspecified atom stereocenters. The number of hydrogen-bond acceptors (Lipinski definition) is 5. The minimum absolute atomic E-state index is 0.511. The summed E-state index contributed by atoms with van der Waals surface area (Å²) in [6, 6.07) is 0.171. The summed E-state index contributed by atoms with van der Waals surface area (Å²) in [6.07, 6.45) is 1.58. The molecule has 0 atom stereocenters. The summed E-state index contributed by atoms with van der Waals surface area (Å²) in [4.78, 5) is 10.5. The Morgan fingerprint density at radius 2 is 1.57 bits per heavy atom. The van der Waals surface area contributed by atoms with Crippen molar-refractivity contribution in [1.29, 1.82) is 0 Å². The molecule has 0 aliphatic rings. The van der Waals surface area contributed by atoms with Gasteiger partial charge >= 0.3 is 14.8 Å². The van der Waals surface area contributed by atoms with Crippen molar-refractivity contribution in [2.45, 2.75) is 39.7 Å². The number of primary amides is 1. The van der Waals surface area contributed by atoms with E-state index in [4.69, 9.17) is 24.7 Å². The summed E-state index contributed by atoms with van der Waals surface area (Å²) in [5, 5.41) is 2.54. The lowest BCUT2D eigenvalue weighted by Gasteiger charge is -2.28. The summed E-state index contributed by atoms with van der Waals surface area (Å²) in [5.41, 5.74) is 9.95. The predicted octanol–water partition coefficient (Wildman–Crippen LogP) is 1.26. The van der Waals surface area contributed by atoms with E-state index in [1.165, 1.54) is 0 Å². The van der Waals surface area contributed by atoms with E-state index in [1.807, 2.05) is 20.8 Å². The van der Waals surface area contributed by atoms with E-state index in [-0.39, 0.29) is 0 Å². The molecule has 0 rings (SSSR count). The van der Waals surface area contributed by atoms with Gasteiger partial charge in [0.1, 0.15) is 0 Å². The predicted molar refractivity (Wildman–Crippen MR) is 86.7 cm³/mol. The van der Waals surface area contributed by atoms with Crippen LogP contribution in [0.15, 0.2) is 0 Å². The molecule has 0 aromatic carbocycles. The van der Waals surface area contributed by atoms with Crippen LogP contribution in [0.5, 0.6) is 0 Å². The Kier molecular flexibility index (Phi) is 16.9. The fourth-order valence-electron chi connectivity index (χ4n) is 1.52. The van der Waals surface area contributed by atoms with Crippen LogP contribution in [0.25, 0.3) is 0 Å². The van der Waals surface area contributed by atoms with Crippen molar-refractivity contribution in [3.63, 3.8) is 0 Å². The van der Waals surface area contributed by atoms with Gasteiger partial charge < -0.3 is 30.1 Å².